The molecule has 0 fully saturated rings. The molecule has 4 heteroatoms. The molecule has 0 aliphatic heterocycles. The van der Waals surface area contributed by atoms with Crippen molar-refractivity contribution in [1.29, 1.82) is 0 Å². The van der Waals surface area contributed by atoms with E-state index in [1.165, 1.54) is 11.1 Å². The van der Waals surface area contributed by atoms with Crippen molar-refractivity contribution < 1.29 is 9.90 Å². The molecule has 2 unspecified atom stereocenters. The molecule has 1 amide bonds. The lowest BCUT2D eigenvalue weighted by molar-refractivity contribution is -0.122. The average Bonchev–Trinajstić information content (AvgIpc) is 2.38. The number of aryl methyl sites for hydroxylation is 1. The van der Waals surface area contributed by atoms with Gasteiger partial charge in [-0.3, -0.25) is 9.69 Å². The van der Waals surface area contributed by atoms with Crippen LogP contribution in [0, 0.1) is 6.92 Å². The van der Waals surface area contributed by atoms with Crippen LogP contribution in [-0.4, -0.2) is 48.2 Å². The van der Waals surface area contributed by atoms with E-state index in [1.54, 1.807) is 6.92 Å². The fourth-order valence-corrected chi connectivity index (χ4v) is 2.27. The molecule has 0 aliphatic rings. The molecule has 0 saturated carbocycles. The molecule has 1 aromatic rings. The van der Waals surface area contributed by atoms with E-state index in [1.807, 2.05) is 31.0 Å². The average molecular weight is 292 g/mol. The Kier molecular flexibility index (Phi) is 7.40. The number of carbonyl (C=O) groups is 1. The first-order chi connectivity index (χ1) is 9.88. The molecule has 1 rings (SSSR count). The van der Waals surface area contributed by atoms with Crippen LogP contribution < -0.4 is 5.32 Å². The molecule has 0 radical (unpaired) electrons. The second-order valence-corrected chi connectivity index (χ2v) is 5.97. The van der Waals surface area contributed by atoms with E-state index in [9.17, 15) is 9.90 Å². The van der Waals surface area contributed by atoms with Crippen LogP contribution in [0.5, 0.6) is 0 Å². The zero-order valence-corrected chi connectivity index (χ0v) is 13.6. The standard InChI is InChI=1S/C17H28N2O2/c1-13-7-5-6-8-16(13)11-14(2)18-17(21)12-19(4)10-9-15(3)20/h5-8,14-15,20H,9-12H2,1-4H3,(H,18,21). The van der Waals surface area contributed by atoms with Gasteiger partial charge in [-0.05, 0) is 51.8 Å². The van der Waals surface area contributed by atoms with Gasteiger partial charge in [0, 0.05) is 12.6 Å². The van der Waals surface area contributed by atoms with Crippen molar-refractivity contribution in [2.75, 3.05) is 20.1 Å². The predicted octanol–water partition coefficient (Wildman–Crippen LogP) is 1.74. The maximum atomic E-state index is 12.0. The van der Waals surface area contributed by atoms with Gasteiger partial charge in [0.1, 0.15) is 0 Å². The van der Waals surface area contributed by atoms with Gasteiger partial charge >= 0.3 is 0 Å². The van der Waals surface area contributed by atoms with E-state index in [4.69, 9.17) is 0 Å². The molecular weight excluding hydrogens is 264 g/mol. The fourth-order valence-electron chi connectivity index (χ4n) is 2.27. The van der Waals surface area contributed by atoms with Gasteiger partial charge in [0.15, 0.2) is 0 Å². The maximum Gasteiger partial charge on any atom is 0.234 e. The van der Waals surface area contributed by atoms with Crippen molar-refractivity contribution >= 4 is 5.91 Å². The van der Waals surface area contributed by atoms with Gasteiger partial charge in [-0.2, -0.15) is 0 Å². The monoisotopic (exact) mass is 292 g/mol. The van der Waals surface area contributed by atoms with Crippen molar-refractivity contribution in [3.8, 4) is 0 Å². The largest absolute Gasteiger partial charge is 0.393 e. The minimum Gasteiger partial charge on any atom is -0.393 e. The summed E-state index contributed by atoms with van der Waals surface area (Å²) in [5.74, 6) is 0.0316. The summed E-state index contributed by atoms with van der Waals surface area (Å²) in [4.78, 5) is 13.9. The van der Waals surface area contributed by atoms with Gasteiger partial charge in [0.2, 0.25) is 5.91 Å². The summed E-state index contributed by atoms with van der Waals surface area (Å²) in [6.45, 7) is 6.97. The number of amides is 1. The Morgan fingerprint density at radius 1 is 1.33 bits per heavy atom. The fraction of sp³-hybridized carbons (Fsp3) is 0.588. The Bertz CT molecular complexity index is 446. The normalized spacial score (nSPS) is 14.0. The van der Waals surface area contributed by atoms with E-state index in [2.05, 4.69) is 24.4 Å². The lowest BCUT2D eigenvalue weighted by Crippen LogP contribution is -2.41. The smallest absolute Gasteiger partial charge is 0.234 e. The predicted molar refractivity (Wildman–Crippen MR) is 86.3 cm³/mol. The summed E-state index contributed by atoms with van der Waals surface area (Å²) in [6, 6.07) is 8.36. The molecule has 0 bridgehead atoms. The molecular formula is C17H28N2O2. The number of nitrogens with one attached hydrogen (secondary N) is 1. The van der Waals surface area contributed by atoms with E-state index in [0.717, 1.165) is 13.0 Å². The number of aliphatic hydroxyl groups is 1. The molecule has 0 aromatic heterocycles. The number of carbonyl (C=O) groups excluding carboxylic acids is 1. The molecule has 21 heavy (non-hydrogen) atoms. The highest BCUT2D eigenvalue weighted by atomic mass is 16.3. The minimum absolute atomic E-state index is 0.0316. The Hall–Kier alpha value is -1.39. The zero-order valence-electron chi connectivity index (χ0n) is 13.6. The van der Waals surface area contributed by atoms with Gasteiger partial charge in [0.25, 0.3) is 0 Å². The summed E-state index contributed by atoms with van der Waals surface area (Å²) in [5.41, 5.74) is 2.53. The lowest BCUT2D eigenvalue weighted by atomic mass is 10.0. The van der Waals surface area contributed by atoms with E-state index >= 15 is 0 Å². The molecule has 0 saturated heterocycles. The van der Waals surface area contributed by atoms with Gasteiger partial charge in [-0.25, -0.2) is 0 Å². The number of benzene rings is 1. The molecule has 2 N–H and O–H groups in total. The summed E-state index contributed by atoms with van der Waals surface area (Å²) < 4.78 is 0. The first-order valence-electron chi connectivity index (χ1n) is 7.59. The summed E-state index contributed by atoms with van der Waals surface area (Å²) in [6.07, 6.45) is 1.20. The second kappa shape index (κ2) is 8.80. The summed E-state index contributed by atoms with van der Waals surface area (Å²) in [5, 5.41) is 12.3. The van der Waals surface area contributed by atoms with Gasteiger partial charge in [-0.15, -0.1) is 0 Å². The van der Waals surface area contributed by atoms with Crippen LogP contribution in [0.4, 0.5) is 0 Å². The van der Waals surface area contributed by atoms with E-state index in [-0.39, 0.29) is 18.1 Å². The maximum absolute atomic E-state index is 12.0. The number of hydrogen-bond donors (Lipinski definition) is 2. The first-order valence-corrected chi connectivity index (χ1v) is 7.59. The highest BCUT2D eigenvalue weighted by molar-refractivity contribution is 5.78. The number of nitrogens with zero attached hydrogens (tertiary/aromatic N) is 1. The summed E-state index contributed by atoms with van der Waals surface area (Å²) >= 11 is 0. The molecule has 0 aliphatic carbocycles. The van der Waals surface area contributed by atoms with Crippen LogP contribution in [0.3, 0.4) is 0 Å². The van der Waals surface area contributed by atoms with Crippen LogP contribution in [0.15, 0.2) is 24.3 Å². The Labute approximate surface area is 128 Å². The number of likely N-dealkylation sites (N-methyl/N-ethyl adjacent to an activating group) is 1. The van der Waals surface area contributed by atoms with Crippen LogP contribution in [0.2, 0.25) is 0 Å². The lowest BCUT2D eigenvalue weighted by Gasteiger charge is -2.20. The molecule has 1 aromatic carbocycles. The minimum atomic E-state index is -0.324. The molecule has 0 heterocycles. The topological polar surface area (TPSA) is 52.6 Å². The van der Waals surface area contributed by atoms with Crippen molar-refractivity contribution in [2.24, 2.45) is 0 Å². The van der Waals surface area contributed by atoms with Crippen molar-refractivity contribution in [3.63, 3.8) is 0 Å². The quantitative estimate of drug-likeness (QED) is 0.767. The highest BCUT2D eigenvalue weighted by Crippen LogP contribution is 2.09. The van der Waals surface area contributed by atoms with Gasteiger partial charge in [-0.1, -0.05) is 24.3 Å². The molecule has 0 spiro atoms. The zero-order chi connectivity index (χ0) is 15.8. The number of rotatable bonds is 8. The first kappa shape index (κ1) is 17.7. The number of hydrogen-bond acceptors (Lipinski definition) is 3. The summed E-state index contributed by atoms with van der Waals surface area (Å²) in [7, 11) is 1.90. The second-order valence-electron chi connectivity index (χ2n) is 5.97. The van der Waals surface area contributed by atoms with E-state index < -0.39 is 0 Å². The molecule has 4 nitrogen and oxygen atoms in total. The Morgan fingerprint density at radius 3 is 2.62 bits per heavy atom. The SMILES string of the molecule is Cc1ccccc1CC(C)NC(=O)CN(C)CCC(C)O. The van der Waals surface area contributed by atoms with Crippen LogP contribution in [-0.2, 0) is 11.2 Å². The third kappa shape index (κ3) is 7.25. The van der Waals surface area contributed by atoms with E-state index in [0.29, 0.717) is 13.0 Å². The highest BCUT2D eigenvalue weighted by Gasteiger charge is 2.11. The van der Waals surface area contributed by atoms with Crippen LogP contribution in [0.25, 0.3) is 0 Å². The van der Waals surface area contributed by atoms with Crippen LogP contribution in [0.1, 0.15) is 31.4 Å². The van der Waals surface area contributed by atoms with Gasteiger partial charge in [0.05, 0.1) is 12.6 Å². The van der Waals surface area contributed by atoms with Crippen molar-refractivity contribution in [2.45, 2.75) is 45.8 Å². The Balaban J connectivity index is 2.35. The van der Waals surface area contributed by atoms with Crippen molar-refractivity contribution in [3.05, 3.63) is 35.4 Å². The number of aliphatic hydroxyl groups excluding tert-OH is 1. The Morgan fingerprint density at radius 2 is 2.00 bits per heavy atom. The molecule has 2 atom stereocenters. The third-order valence-electron chi connectivity index (χ3n) is 3.54. The van der Waals surface area contributed by atoms with Crippen molar-refractivity contribution in [1.82, 2.24) is 10.2 Å². The molecule has 118 valence electrons. The third-order valence-corrected chi connectivity index (χ3v) is 3.54. The van der Waals surface area contributed by atoms with Gasteiger partial charge < -0.3 is 10.4 Å². The van der Waals surface area contributed by atoms with Crippen LogP contribution >= 0.6 is 0 Å².